The number of nitrogens with one attached hydrogen (secondary N) is 4. The third-order valence-electron chi connectivity index (χ3n) is 6.69. The van der Waals surface area contributed by atoms with Gasteiger partial charge in [0.05, 0.1) is 41.6 Å². The van der Waals surface area contributed by atoms with E-state index in [9.17, 15) is 9.90 Å². The summed E-state index contributed by atoms with van der Waals surface area (Å²) < 4.78 is 0. The average Bonchev–Trinajstić information content (AvgIpc) is 3.67. The van der Waals surface area contributed by atoms with Crippen LogP contribution in [0.4, 0.5) is 0 Å². The topological polar surface area (TPSA) is 109 Å². The summed E-state index contributed by atoms with van der Waals surface area (Å²) in [6, 6.07) is 9.82. The van der Waals surface area contributed by atoms with Crippen molar-refractivity contribution in [2.45, 2.75) is 39.8 Å². The molecule has 1 aromatic carbocycles. The summed E-state index contributed by atoms with van der Waals surface area (Å²) in [4.78, 5) is 25.5. The average molecular weight is 525 g/mol. The number of benzene rings is 1. The van der Waals surface area contributed by atoms with E-state index in [0.29, 0.717) is 24.2 Å². The number of rotatable bonds is 11. The highest BCUT2D eigenvalue weighted by molar-refractivity contribution is 5.98. The Hall–Kier alpha value is -4.56. The Labute approximate surface area is 229 Å². The third-order valence-corrected chi connectivity index (χ3v) is 6.69. The van der Waals surface area contributed by atoms with Gasteiger partial charge in [0.15, 0.2) is 0 Å². The van der Waals surface area contributed by atoms with Gasteiger partial charge in [0.25, 0.3) is 5.91 Å². The van der Waals surface area contributed by atoms with Crippen LogP contribution in [0, 0.1) is 6.92 Å². The van der Waals surface area contributed by atoms with Crippen molar-refractivity contribution in [3.63, 3.8) is 0 Å². The Balaban J connectivity index is 1.60. The Morgan fingerprint density at radius 1 is 1.26 bits per heavy atom. The molecule has 39 heavy (non-hydrogen) atoms. The lowest BCUT2D eigenvalue weighted by Gasteiger charge is -2.33. The van der Waals surface area contributed by atoms with Crippen LogP contribution in [0.2, 0.25) is 0 Å². The van der Waals surface area contributed by atoms with Gasteiger partial charge in [-0.25, -0.2) is 4.98 Å². The maximum absolute atomic E-state index is 13.3. The number of aliphatic hydroxyl groups is 1. The number of aromatic amines is 2. The van der Waals surface area contributed by atoms with E-state index >= 15 is 0 Å². The zero-order valence-corrected chi connectivity index (χ0v) is 22.7. The van der Waals surface area contributed by atoms with E-state index in [4.69, 9.17) is 0 Å². The molecule has 3 aromatic rings. The van der Waals surface area contributed by atoms with E-state index in [1.54, 1.807) is 18.6 Å². The molecule has 0 bridgehead atoms. The molecule has 1 amide bonds. The van der Waals surface area contributed by atoms with Crippen LogP contribution in [0.25, 0.3) is 5.57 Å². The van der Waals surface area contributed by atoms with Crippen molar-refractivity contribution in [3.8, 4) is 0 Å². The third kappa shape index (κ3) is 6.66. The second-order valence-corrected chi connectivity index (χ2v) is 9.49. The van der Waals surface area contributed by atoms with Crippen molar-refractivity contribution in [2.24, 2.45) is 0 Å². The molecule has 5 N–H and O–H groups in total. The minimum Gasteiger partial charge on any atom is -0.394 e. The summed E-state index contributed by atoms with van der Waals surface area (Å²) in [7, 11) is 0. The summed E-state index contributed by atoms with van der Waals surface area (Å²) in [6.07, 6.45) is 15.2. The van der Waals surface area contributed by atoms with Gasteiger partial charge in [-0.15, -0.1) is 0 Å². The molecule has 0 aliphatic carbocycles. The van der Waals surface area contributed by atoms with Crippen LogP contribution < -0.4 is 10.6 Å². The summed E-state index contributed by atoms with van der Waals surface area (Å²) in [5, 5.41) is 16.7. The van der Waals surface area contributed by atoms with Crippen LogP contribution in [0.1, 0.15) is 36.2 Å². The second-order valence-electron chi connectivity index (χ2n) is 9.49. The number of aromatic nitrogens is 3. The van der Waals surface area contributed by atoms with Crippen LogP contribution in [0.3, 0.4) is 0 Å². The first-order valence-electron chi connectivity index (χ1n) is 13.0. The highest BCUT2D eigenvalue weighted by Crippen LogP contribution is 2.33. The highest BCUT2D eigenvalue weighted by atomic mass is 16.3. The molecule has 3 heterocycles. The number of hydrogen-bond donors (Lipinski definition) is 5. The van der Waals surface area contributed by atoms with Crippen LogP contribution in [-0.4, -0.2) is 43.5 Å². The van der Waals surface area contributed by atoms with Gasteiger partial charge in [-0.05, 0) is 55.7 Å². The molecule has 8 nitrogen and oxygen atoms in total. The van der Waals surface area contributed by atoms with E-state index < -0.39 is 0 Å². The van der Waals surface area contributed by atoms with Gasteiger partial charge in [0, 0.05) is 43.4 Å². The highest BCUT2D eigenvalue weighted by Gasteiger charge is 2.26. The van der Waals surface area contributed by atoms with Crippen molar-refractivity contribution in [1.29, 1.82) is 0 Å². The Morgan fingerprint density at radius 2 is 2.05 bits per heavy atom. The van der Waals surface area contributed by atoms with Gasteiger partial charge in [0.2, 0.25) is 0 Å². The lowest BCUT2D eigenvalue weighted by atomic mass is 10.0. The van der Waals surface area contributed by atoms with E-state index in [-0.39, 0.29) is 18.6 Å². The van der Waals surface area contributed by atoms with Gasteiger partial charge in [-0.3, -0.25) is 4.79 Å². The minimum atomic E-state index is -0.263. The maximum atomic E-state index is 13.3. The standard InChI is InChI=1S/C31H36N6O2/c1-5-29(36-27(19-38)15-26-18-33-20-35-26)30(22(3)25-12-13-32-17-25)37-14-6-7-28(23(37)4)31(39)34-16-24-10-8-21(2)9-11-24/h5-14,17-18,20,27,32,36,38H,4,15-16,19H2,1-3H3,(H,33,35)(H,34,39)/b29-5?,30-22+/t27-/m1/s1. The first-order chi connectivity index (χ1) is 18.9. The molecule has 0 radical (unpaired) electrons. The molecular weight excluding hydrogens is 488 g/mol. The van der Waals surface area contributed by atoms with Gasteiger partial charge < -0.3 is 30.6 Å². The van der Waals surface area contributed by atoms with Crippen LogP contribution in [-0.2, 0) is 17.8 Å². The monoisotopic (exact) mass is 524 g/mol. The predicted molar refractivity (Wildman–Crippen MR) is 155 cm³/mol. The van der Waals surface area contributed by atoms with Gasteiger partial charge in [-0.1, -0.05) is 42.5 Å². The first kappa shape index (κ1) is 27.5. The molecule has 8 heteroatoms. The Bertz CT molecular complexity index is 1390. The summed E-state index contributed by atoms with van der Waals surface area (Å²) in [6.45, 7) is 10.7. The normalized spacial score (nSPS) is 15.1. The van der Waals surface area contributed by atoms with E-state index in [1.165, 1.54) is 5.56 Å². The fourth-order valence-electron chi connectivity index (χ4n) is 4.48. The van der Waals surface area contributed by atoms with Crippen molar-refractivity contribution in [3.05, 3.63) is 131 Å². The molecule has 2 aromatic heterocycles. The molecule has 1 aliphatic heterocycles. The first-order valence-corrected chi connectivity index (χ1v) is 13.0. The van der Waals surface area contributed by atoms with E-state index in [2.05, 4.69) is 32.2 Å². The number of imidazole rings is 1. The van der Waals surface area contributed by atoms with Crippen molar-refractivity contribution < 1.29 is 9.90 Å². The molecule has 0 fully saturated rings. The molecule has 0 unspecified atom stereocenters. The van der Waals surface area contributed by atoms with E-state index in [0.717, 1.165) is 33.8 Å². The van der Waals surface area contributed by atoms with Crippen molar-refractivity contribution in [1.82, 2.24) is 30.5 Å². The fraction of sp³-hybridized carbons (Fsp3) is 0.226. The lowest BCUT2D eigenvalue weighted by molar-refractivity contribution is -0.117. The largest absolute Gasteiger partial charge is 0.394 e. The van der Waals surface area contributed by atoms with E-state index in [1.807, 2.05) is 86.7 Å². The zero-order valence-electron chi connectivity index (χ0n) is 22.7. The van der Waals surface area contributed by atoms with Crippen LogP contribution in [0.5, 0.6) is 0 Å². The Kier molecular flexibility index (Phi) is 9.01. The number of nitrogens with zero attached hydrogens (tertiary/aromatic N) is 2. The van der Waals surface area contributed by atoms with Gasteiger partial charge >= 0.3 is 0 Å². The molecule has 202 valence electrons. The molecule has 0 spiro atoms. The molecule has 4 rings (SSSR count). The summed E-state index contributed by atoms with van der Waals surface area (Å²) >= 11 is 0. The molecule has 1 aliphatic rings. The molecule has 1 atom stereocenters. The number of carbonyl (C=O) groups is 1. The van der Waals surface area contributed by atoms with Gasteiger partial charge in [0.1, 0.15) is 0 Å². The van der Waals surface area contributed by atoms with Crippen molar-refractivity contribution in [2.75, 3.05) is 6.61 Å². The summed E-state index contributed by atoms with van der Waals surface area (Å²) in [5.74, 6) is -0.198. The number of hydrogen-bond acceptors (Lipinski definition) is 5. The molecular formula is C31H36N6O2. The quantitative estimate of drug-likeness (QED) is 0.238. The number of allylic oxidation sites excluding steroid dienone is 4. The van der Waals surface area contributed by atoms with Crippen molar-refractivity contribution >= 4 is 11.5 Å². The molecule has 0 saturated heterocycles. The molecule has 0 saturated carbocycles. The number of amides is 1. The van der Waals surface area contributed by atoms with Crippen LogP contribution >= 0.6 is 0 Å². The second kappa shape index (κ2) is 12.8. The smallest absolute Gasteiger partial charge is 0.253 e. The number of aliphatic hydroxyl groups excluding tert-OH is 1. The SMILES string of the molecule is C=C1C(C(=O)NCc2ccc(C)cc2)=CC=CN1/C(C(=CC)N[C@@H](CO)Cc1cnc[nH]1)=C(\C)c1cc[nH]c1. The Morgan fingerprint density at radius 3 is 2.69 bits per heavy atom. The zero-order chi connectivity index (χ0) is 27.8. The summed E-state index contributed by atoms with van der Waals surface area (Å²) in [5.41, 5.74) is 7.77. The minimum absolute atomic E-state index is 0.0732. The fourth-order valence-corrected chi connectivity index (χ4v) is 4.48. The number of aryl methyl sites for hydroxylation is 1. The predicted octanol–water partition coefficient (Wildman–Crippen LogP) is 4.46. The van der Waals surface area contributed by atoms with Gasteiger partial charge in [-0.2, -0.15) is 0 Å². The maximum Gasteiger partial charge on any atom is 0.253 e. The van der Waals surface area contributed by atoms with Crippen LogP contribution in [0.15, 0.2) is 109 Å². The number of H-pyrrole nitrogens is 2. The lowest BCUT2D eigenvalue weighted by Crippen LogP contribution is -2.38. The number of carbonyl (C=O) groups excluding carboxylic acids is 1.